The molecule has 17 heavy (non-hydrogen) atoms. The van der Waals surface area contributed by atoms with Crippen LogP contribution in [-0.4, -0.2) is 6.41 Å². The van der Waals surface area contributed by atoms with Gasteiger partial charge >= 0.3 is 0 Å². The van der Waals surface area contributed by atoms with Crippen LogP contribution in [0.5, 0.6) is 5.75 Å². The number of carbonyl (C=O) groups is 1. The summed E-state index contributed by atoms with van der Waals surface area (Å²) in [5.41, 5.74) is 1.77. The Hall–Kier alpha value is -2.29. The van der Waals surface area contributed by atoms with Crippen molar-refractivity contribution in [1.29, 1.82) is 0 Å². The molecule has 0 unspecified atom stereocenters. The Morgan fingerprint density at radius 2 is 1.71 bits per heavy atom. The van der Waals surface area contributed by atoms with Crippen LogP contribution in [0.1, 0.15) is 5.56 Å². The van der Waals surface area contributed by atoms with E-state index in [0.717, 1.165) is 5.56 Å². The summed E-state index contributed by atoms with van der Waals surface area (Å²) >= 11 is 0. The van der Waals surface area contributed by atoms with Gasteiger partial charge in [-0.2, -0.15) is 0 Å². The standard InChI is InChI=1S/C14H13NO2/c16-11-15-13-8-4-5-9-14(13)17-10-12-6-2-1-3-7-12/h1-9,11H,10H2,(H,15,16). The van der Waals surface area contributed by atoms with E-state index in [2.05, 4.69) is 5.32 Å². The first-order valence-corrected chi connectivity index (χ1v) is 5.36. The highest BCUT2D eigenvalue weighted by Crippen LogP contribution is 2.23. The van der Waals surface area contributed by atoms with E-state index in [1.165, 1.54) is 0 Å². The van der Waals surface area contributed by atoms with Crippen molar-refractivity contribution >= 4 is 12.1 Å². The van der Waals surface area contributed by atoms with Crippen molar-refractivity contribution in [3.05, 3.63) is 60.2 Å². The fourth-order valence-electron chi connectivity index (χ4n) is 1.51. The molecule has 0 spiro atoms. The summed E-state index contributed by atoms with van der Waals surface area (Å²) in [6.07, 6.45) is 0.644. The SMILES string of the molecule is O=CNc1ccccc1OCc1ccccc1. The van der Waals surface area contributed by atoms with Crippen LogP contribution in [0.2, 0.25) is 0 Å². The molecule has 0 aliphatic heterocycles. The second-order valence-corrected chi connectivity index (χ2v) is 3.53. The number of para-hydroxylation sites is 2. The average Bonchev–Trinajstić information content (AvgIpc) is 2.39. The average molecular weight is 227 g/mol. The van der Waals surface area contributed by atoms with Crippen LogP contribution in [0, 0.1) is 0 Å². The molecule has 3 nitrogen and oxygen atoms in total. The molecule has 0 saturated carbocycles. The molecular weight excluding hydrogens is 214 g/mol. The Kier molecular flexibility index (Phi) is 3.76. The molecule has 3 heteroatoms. The van der Waals surface area contributed by atoms with E-state index in [9.17, 15) is 4.79 Å². The second kappa shape index (κ2) is 5.70. The van der Waals surface area contributed by atoms with Gasteiger partial charge in [-0.15, -0.1) is 0 Å². The number of amides is 1. The lowest BCUT2D eigenvalue weighted by atomic mass is 10.2. The van der Waals surface area contributed by atoms with Crippen LogP contribution in [0.4, 0.5) is 5.69 Å². The van der Waals surface area contributed by atoms with Crippen LogP contribution in [-0.2, 0) is 11.4 Å². The summed E-state index contributed by atoms with van der Waals surface area (Å²) in [5, 5.41) is 2.61. The van der Waals surface area contributed by atoms with E-state index in [1.54, 1.807) is 6.07 Å². The highest BCUT2D eigenvalue weighted by molar-refractivity contribution is 5.75. The number of ether oxygens (including phenoxy) is 1. The maximum atomic E-state index is 10.4. The quantitative estimate of drug-likeness (QED) is 0.797. The van der Waals surface area contributed by atoms with Gasteiger partial charge in [0.25, 0.3) is 0 Å². The number of hydrogen-bond acceptors (Lipinski definition) is 2. The number of rotatable bonds is 5. The number of hydrogen-bond donors (Lipinski definition) is 1. The van der Waals surface area contributed by atoms with E-state index < -0.39 is 0 Å². The molecule has 0 heterocycles. The maximum absolute atomic E-state index is 10.4. The van der Waals surface area contributed by atoms with Gasteiger partial charge in [-0.3, -0.25) is 4.79 Å². The van der Waals surface area contributed by atoms with Crippen molar-refractivity contribution in [1.82, 2.24) is 0 Å². The number of anilines is 1. The number of nitrogens with one attached hydrogen (secondary N) is 1. The molecule has 2 rings (SSSR count). The van der Waals surface area contributed by atoms with E-state index in [4.69, 9.17) is 4.74 Å². The number of benzene rings is 2. The Morgan fingerprint density at radius 1 is 1.00 bits per heavy atom. The Balaban J connectivity index is 2.06. The first-order valence-electron chi connectivity index (χ1n) is 5.36. The summed E-state index contributed by atoms with van der Waals surface area (Å²) in [4.78, 5) is 10.4. The number of carbonyl (C=O) groups excluding carboxylic acids is 1. The zero-order valence-corrected chi connectivity index (χ0v) is 9.30. The lowest BCUT2D eigenvalue weighted by Gasteiger charge is -2.10. The van der Waals surface area contributed by atoms with Crippen LogP contribution < -0.4 is 10.1 Å². The molecule has 0 atom stereocenters. The van der Waals surface area contributed by atoms with E-state index in [-0.39, 0.29) is 0 Å². The molecule has 86 valence electrons. The molecule has 2 aromatic carbocycles. The molecular formula is C14H13NO2. The van der Waals surface area contributed by atoms with E-state index in [1.807, 2.05) is 48.5 Å². The molecule has 0 aliphatic rings. The Bertz CT molecular complexity index is 483. The predicted molar refractivity (Wildman–Crippen MR) is 66.9 cm³/mol. The fraction of sp³-hybridized carbons (Fsp3) is 0.0714. The van der Waals surface area contributed by atoms with Crippen molar-refractivity contribution in [2.75, 3.05) is 5.32 Å². The van der Waals surface area contributed by atoms with E-state index in [0.29, 0.717) is 24.5 Å². The maximum Gasteiger partial charge on any atom is 0.211 e. The molecule has 0 bridgehead atoms. The zero-order valence-electron chi connectivity index (χ0n) is 9.30. The van der Waals surface area contributed by atoms with Crippen LogP contribution in [0.15, 0.2) is 54.6 Å². The predicted octanol–water partition coefficient (Wildman–Crippen LogP) is 2.83. The Labute approximate surface area is 100 Å². The lowest BCUT2D eigenvalue weighted by Crippen LogP contribution is -2.00. The molecule has 0 radical (unpaired) electrons. The first kappa shape index (κ1) is 11.2. The minimum absolute atomic E-state index is 0.485. The van der Waals surface area contributed by atoms with Gasteiger partial charge in [-0.05, 0) is 17.7 Å². The molecule has 0 aromatic heterocycles. The van der Waals surface area contributed by atoms with Crippen LogP contribution >= 0.6 is 0 Å². The van der Waals surface area contributed by atoms with Crippen molar-refractivity contribution in [2.45, 2.75) is 6.61 Å². The highest BCUT2D eigenvalue weighted by atomic mass is 16.5. The minimum Gasteiger partial charge on any atom is -0.487 e. The molecule has 0 fully saturated rings. The van der Waals surface area contributed by atoms with Gasteiger partial charge in [0, 0.05) is 0 Å². The third-order valence-corrected chi connectivity index (χ3v) is 2.34. The van der Waals surface area contributed by atoms with Crippen LogP contribution in [0.3, 0.4) is 0 Å². The summed E-state index contributed by atoms with van der Waals surface area (Å²) < 4.78 is 5.65. The summed E-state index contributed by atoms with van der Waals surface area (Å²) in [6, 6.07) is 17.2. The first-order chi connectivity index (χ1) is 8.40. The van der Waals surface area contributed by atoms with Crippen molar-refractivity contribution < 1.29 is 9.53 Å². The second-order valence-electron chi connectivity index (χ2n) is 3.53. The van der Waals surface area contributed by atoms with Crippen molar-refractivity contribution in [3.63, 3.8) is 0 Å². The topological polar surface area (TPSA) is 38.3 Å². The van der Waals surface area contributed by atoms with Gasteiger partial charge in [-0.1, -0.05) is 42.5 Å². The third kappa shape index (κ3) is 3.08. The third-order valence-electron chi connectivity index (χ3n) is 2.34. The molecule has 1 amide bonds. The van der Waals surface area contributed by atoms with Crippen molar-refractivity contribution in [2.24, 2.45) is 0 Å². The Morgan fingerprint density at radius 3 is 2.47 bits per heavy atom. The van der Waals surface area contributed by atoms with Gasteiger partial charge < -0.3 is 10.1 Å². The fourth-order valence-corrected chi connectivity index (χ4v) is 1.51. The summed E-state index contributed by atoms with van der Waals surface area (Å²) in [7, 11) is 0. The largest absolute Gasteiger partial charge is 0.487 e. The monoisotopic (exact) mass is 227 g/mol. The van der Waals surface area contributed by atoms with E-state index >= 15 is 0 Å². The van der Waals surface area contributed by atoms with Gasteiger partial charge in [-0.25, -0.2) is 0 Å². The van der Waals surface area contributed by atoms with Gasteiger partial charge in [0.1, 0.15) is 12.4 Å². The normalized spacial score (nSPS) is 9.65. The molecule has 0 saturated heterocycles. The summed E-state index contributed by atoms with van der Waals surface area (Å²) in [6.45, 7) is 0.485. The highest BCUT2D eigenvalue weighted by Gasteiger charge is 2.01. The van der Waals surface area contributed by atoms with Crippen molar-refractivity contribution in [3.8, 4) is 5.75 Å². The smallest absolute Gasteiger partial charge is 0.211 e. The lowest BCUT2D eigenvalue weighted by molar-refractivity contribution is -0.105. The molecule has 2 aromatic rings. The van der Waals surface area contributed by atoms with Gasteiger partial charge in [0.05, 0.1) is 5.69 Å². The molecule has 1 N–H and O–H groups in total. The van der Waals surface area contributed by atoms with Gasteiger partial charge in [0.2, 0.25) is 6.41 Å². The van der Waals surface area contributed by atoms with Crippen LogP contribution in [0.25, 0.3) is 0 Å². The molecule has 0 aliphatic carbocycles. The minimum atomic E-state index is 0.485. The zero-order chi connectivity index (χ0) is 11.9. The van der Waals surface area contributed by atoms with Gasteiger partial charge in [0.15, 0.2) is 0 Å². The summed E-state index contributed by atoms with van der Waals surface area (Å²) in [5.74, 6) is 0.670.